The Morgan fingerprint density at radius 2 is 1.92 bits per heavy atom. The summed E-state index contributed by atoms with van der Waals surface area (Å²) in [5.74, 6) is -0.442. The molecule has 2 N–H and O–H groups in total. The molecule has 1 spiro atoms. The van der Waals surface area contributed by atoms with Gasteiger partial charge in [0.2, 0.25) is 5.66 Å². The van der Waals surface area contributed by atoms with Crippen LogP contribution in [0.2, 0.25) is 0 Å². The molecule has 6 heteroatoms. The van der Waals surface area contributed by atoms with Crippen LogP contribution in [0.25, 0.3) is 0 Å². The number of methoxy groups -OCH3 is 1. The summed E-state index contributed by atoms with van der Waals surface area (Å²) in [6.07, 6.45) is 0. The van der Waals surface area contributed by atoms with Crippen LogP contribution in [0, 0.1) is 6.92 Å². The third kappa shape index (κ3) is 2.14. The van der Waals surface area contributed by atoms with Gasteiger partial charge in [0.15, 0.2) is 0 Å². The zero-order valence-corrected chi connectivity index (χ0v) is 14.1. The lowest BCUT2D eigenvalue weighted by Gasteiger charge is -2.44. The van der Waals surface area contributed by atoms with Gasteiger partial charge in [-0.25, -0.2) is 0 Å². The van der Waals surface area contributed by atoms with Crippen LogP contribution in [-0.4, -0.2) is 37.0 Å². The zero-order chi connectivity index (χ0) is 17.6. The van der Waals surface area contributed by atoms with Crippen molar-refractivity contribution in [3.63, 3.8) is 0 Å². The first-order chi connectivity index (χ1) is 12.1. The molecule has 0 saturated heterocycles. The standard InChI is InChI=1S/C19H19N3O3/c1-12-7-8-16-14(11-12)19(18(24)20-16)21-15-6-4-3-5-13(15)17(23)22(19)9-10-25-2/h3-8,11,21H,9-10H2,1-2H3,(H,20,24)/t19-/m1/s1. The third-order valence-corrected chi connectivity index (χ3v) is 4.78. The van der Waals surface area contributed by atoms with Gasteiger partial charge in [-0.2, -0.15) is 0 Å². The number of fused-ring (bicyclic) bond motifs is 3. The number of aryl methyl sites for hydroxylation is 1. The predicted octanol–water partition coefficient (Wildman–Crippen LogP) is 2.31. The molecule has 25 heavy (non-hydrogen) atoms. The van der Waals surface area contributed by atoms with Crippen molar-refractivity contribution < 1.29 is 14.3 Å². The number of hydrogen-bond donors (Lipinski definition) is 2. The van der Waals surface area contributed by atoms with E-state index in [0.717, 1.165) is 16.8 Å². The van der Waals surface area contributed by atoms with Crippen molar-refractivity contribution in [2.24, 2.45) is 0 Å². The van der Waals surface area contributed by atoms with Gasteiger partial charge in [0, 0.05) is 30.6 Å². The normalized spacial score (nSPS) is 21.0. The minimum Gasteiger partial charge on any atom is -0.383 e. The number of anilines is 2. The number of carbonyl (C=O) groups excluding carboxylic acids is 2. The van der Waals surface area contributed by atoms with Crippen LogP contribution in [0.1, 0.15) is 21.5 Å². The van der Waals surface area contributed by atoms with E-state index in [2.05, 4.69) is 10.6 Å². The highest BCUT2D eigenvalue weighted by Gasteiger charge is 2.56. The lowest BCUT2D eigenvalue weighted by molar-refractivity contribution is -0.125. The minimum atomic E-state index is -1.26. The average molecular weight is 337 g/mol. The van der Waals surface area contributed by atoms with Crippen molar-refractivity contribution in [3.05, 3.63) is 59.2 Å². The molecule has 6 nitrogen and oxygen atoms in total. The Hall–Kier alpha value is -2.86. The summed E-state index contributed by atoms with van der Waals surface area (Å²) in [5, 5.41) is 6.24. The average Bonchev–Trinajstić information content (AvgIpc) is 2.87. The molecule has 2 aliphatic heterocycles. The molecule has 0 radical (unpaired) electrons. The second-order valence-corrected chi connectivity index (χ2v) is 6.33. The summed E-state index contributed by atoms with van der Waals surface area (Å²) in [4.78, 5) is 27.8. The van der Waals surface area contributed by atoms with Gasteiger partial charge in [-0.3, -0.25) is 9.59 Å². The van der Waals surface area contributed by atoms with Crippen molar-refractivity contribution in [3.8, 4) is 0 Å². The lowest BCUT2D eigenvalue weighted by Crippen LogP contribution is -2.62. The highest BCUT2D eigenvalue weighted by atomic mass is 16.5. The molecule has 2 amide bonds. The van der Waals surface area contributed by atoms with E-state index in [9.17, 15) is 9.59 Å². The third-order valence-electron chi connectivity index (χ3n) is 4.78. The van der Waals surface area contributed by atoms with Crippen molar-refractivity contribution in [2.45, 2.75) is 12.6 Å². The van der Waals surface area contributed by atoms with Gasteiger partial charge >= 0.3 is 0 Å². The topological polar surface area (TPSA) is 70.7 Å². The van der Waals surface area contributed by atoms with E-state index in [0.29, 0.717) is 24.4 Å². The van der Waals surface area contributed by atoms with Gasteiger partial charge in [-0.1, -0.05) is 23.8 Å². The van der Waals surface area contributed by atoms with Crippen LogP contribution in [-0.2, 0) is 15.2 Å². The Kier molecular flexibility index (Phi) is 3.51. The molecule has 0 aliphatic carbocycles. The molecule has 0 bridgehead atoms. The van der Waals surface area contributed by atoms with Gasteiger partial charge in [0.05, 0.1) is 12.2 Å². The molecule has 0 aromatic heterocycles. The van der Waals surface area contributed by atoms with Crippen LogP contribution >= 0.6 is 0 Å². The molecule has 0 saturated carbocycles. The summed E-state index contributed by atoms with van der Waals surface area (Å²) < 4.78 is 5.18. The monoisotopic (exact) mass is 337 g/mol. The van der Waals surface area contributed by atoms with E-state index >= 15 is 0 Å². The van der Waals surface area contributed by atoms with Crippen LogP contribution in [0.15, 0.2) is 42.5 Å². The summed E-state index contributed by atoms with van der Waals surface area (Å²) in [5.41, 5.74) is 2.46. The van der Waals surface area contributed by atoms with Crippen LogP contribution in [0.5, 0.6) is 0 Å². The first kappa shape index (κ1) is 15.7. The Bertz CT molecular complexity index is 880. The fourth-order valence-electron chi connectivity index (χ4n) is 3.58. The molecular weight excluding hydrogens is 318 g/mol. The number of amides is 2. The predicted molar refractivity (Wildman–Crippen MR) is 94.5 cm³/mol. The van der Waals surface area contributed by atoms with Gasteiger partial charge in [0.1, 0.15) is 0 Å². The summed E-state index contributed by atoms with van der Waals surface area (Å²) >= 11 is 0. The SMILES string of the molecule is COCCN1C(=O)c2ccccc2N[C@@]12C(=O)Nc1ccc(C)cc12. The maximum Gasteiger partial charge on any atom is 0.276 e. The Labute approximate surface area is 145 Å². The zero-order valence-electron chi connectivity index (χ0n) is 14.1. The number of nitrogens with one attached hydrogen (secondary N) is 2. The molecule has 0 fully saturated rings. The van der Waals surface area contributed by atoms with Gasteiger partial charge < -0.3 is 20.3 Å². The summed E-state index contributed by atoms with van der Waals surface area (Å²) in [6, 6.07) is 13.0. The highest BCUT2D eigenvalue weighted by Crippen LogP contribution is 2.45. The summed E-state index contributed by atoms with van der Waals surface area (Å²) in [6.45, 7) is 2.61. The molecule has 128 valence electrons. The second kappa shape index (κ2) is 5.60. The first-order valence-corrected chi connectivity index (χ1v) is 8.18. The number of rotatable bonds is 3. The number of benzene rings is 2. The summed E-state index contributed by atoms with van der Waals surface area (Å²) in [7, 11) is 1.58. The van der Waals surface area contributed by atoms with Gasteiger partial charge in [-0.05, 0) is 31.2 Å². The van der Waals surface area contributed by atoms with Crippen molar-refractivity contribution in [1.29, 1.82) is 0 Å². The lowest BCUT2D eigenvalue weighted by atomic mass is 9.92. The van der Waals surface area contributed by atoms with E-state index in [1.165, 1.54) is 0 Å². The maximum absolute atomic E-state index is 13.2. The molecular formula is C19H19N3O3. The van der Waals surface area contributed by atoms with Gasteiger partial charge in [0.25, 0.3) is 11.8 Å². The van der Waals surface area contributed by atoms with Crippen LogP contribution in [0.3, 0.4) is 0 Å². The number of para-hydroxylation sites is 1. The van der Waals surface area contributed by atoms with Gasteiger partial charge in [-0.15, -0.1) is 0 Å². The van der Waals surface area contributed by atoms with E-state index in [-0.39, 0.29) is 11.8 Å². The number of hydrogen-bond acceptors (Lipinski definition) is 4. The number of carbonyl (C=O) groups is 2. The molecule has 2 heterocycles. The van der Waals surface area contributed by atoms with Crippen molar-refractivity contribution in [1.82, 2.24) is 4.90 Å². The smallest absolute Gasteiger partial charge is 0.276 e. The molecule has 4 rings (SSSR count). The van der Waals surface area contributed by atoms with Crippen molar-refractivity contribution in [2.75, 3.05) is 30.9 Å². The fraction of sp³-hybridized carbons (Fsp3) is 0.263. The maximum atomic E-state index is 13.2. The van der Waals surface area contributed by atoms with Crippen molar-refractivity contribution >= 4 is 23.2 Å². The molecule has 1 atom stereocenters. The van der Waals surface area contributed by atoms with Crippen LogP contribution < -0.4 is 10.6 Å². The Balaban J connectivity index is 1.94. The fourth-order valence-corrected chi connectivity index (χ4v) is 3.58. The molecule has 2 aromatic carbocycles. The van der Waals surface area contributed by atoms with E-state index < -0.39 is 5.66 Å². The molecule has 0 unspecified atom stereocenters. The second-order valence-electron chi connectivity index (χ2n) is 6.33. The Morgan fingerprint density at radius 3 is 2.72 bits per heavy atom. The first-order valence-electron chi connectivity index (χ1n) is 8.18. The van der Waals surface area contributed by atoms with E-state index in [1.54, 1.807) is 18.1 Å². The minimum absolute atomic E-state index is 0.184. The molecule has 2 aliphatic rings. The largest absolute Gasteiger partial charge is 0.383 e. The quantitative estimate of drug-likeness (QED) is 0.902. The van der Waals surface area contributed by atoms with Crippen LogP contribution in [0.4, 0.5) is 11.4 Å². The van der Waals surface area contributed by atoms with E-state index in [4.69, 9.17) is 4.74 Å². The number of ether oxygens (including phenoxy) is 1. The number of nitrogens with zero attached hydrogens (tertiary/aromatic N) is 1. The Morgan fingerprint density at radius 1 is 1.12 bits per heavy atom. The molecule has 2 aromatic rings. The van der Waals surface area contributed by atoms with E-state index in [1.807, 2.05) is 43.3 Å². The highest BCUT2D eigenvalue weighted by molar-refractivity contribution is 6.14.